The molecule has 0 saturated heterocycles. The molecule has 3 aromatic rings. The van der Waals surface area contributed by atoms with Gasteiger partial charge >= 0.3 is 0 Å². The summed E-state index contributed by atoms with van der Waals surface area (Å²) >= 11 is 0. The minimum absolute atomic E-state index is 0.622. The summed E-state index contributed by atoms with van der Waals surface area (Å²) in [4.78, 5) is 6.86. The number of anilines is 2. The van der Waals surface area contributed by atoms with Crippen LogP contribution in [0.3, 0.4) is 0 Å². The van der Waals surface area contributed by atoms with Crippen LogP contribution < -0.4 is 10.6 Å². The summed E-state index contributed by atoms with van der Waals surface area (Å²) in [5.74, 6) is 1.38. The highest BCUT2D eigenvalue weighted by molar-refractivity contribution is 5.66. The number of nitrogens with zero attached hydrogens (tertiary/aromatic N) is 3. The van der Waals surface area contributed by atoms with Crippen LogP contribution >= 0.6 is 0 Å². The molecule has 5 nitrogen and oxygen atoms in total. The van der Waals surface area contributed by atoms with E-state index in [2.05, 4.69) is 40.2 Å². The number of nitrogen functional groups attached to an aromatic ring is 1. The fourth-order valence-corrected chi connectivity index (χ4v) is 3.46. The van der Waals surface area contributed by atoms with E-state index in [0.29, 0.717) is 18.9 Å². The van der Waals surface area contributed by atoms with Gasteiger partial charge in [-0.2, -0.15) is 4.98 Å². The molecule has 1 aliphatic heterocycles. The van der Waals surface area contributed by atoms with Gasteiger partial charge in [0.15, 0.2) is 5.82 Å². The third-order valence-corrected chi connectivity index (χ3v) is 4.83. The van der Waals surface area contributed by atoms with Crippen molar-refractivity contribution in [2.24, 2.45) is 0 Å². The molecule has 0 fully saturated rings. The van der Waals surface area contributed by atoms with Crippen molar-refractivity contribution in [1.82, 2.24) is 10.1 Å². The zero-order valence-electron chi connectivity index (χ0n) is 14.4. The number of hydrogen-bond donors (Lipinski definition) is 1. The van der Waals surface area contributed by atoms with Crippen molar-refractivity contribution in [3.8, 4) is 0 Å². The topological polar surface area (TPSA) is 68.2 Å². The molecule has 2 heterocycles. The lowest BCUT2D eigenvalue weighted by atomic mass is 10.00. The SMILES string of the molecule is Cc1ccccc1Cc1noc(CN2CCCc3c(N)cccc32)n1. The van der Waals surface area contributed by atoms with Crippen molar-refractivity contribution in [3.63, 3.8) is 0 Å². The van der Waals surface area contributed by atoms with E-state index >= 15 is 0 Å². The summed E-state index contributed by atoms with van der Waals surface area (Å²) in [6.45, 7) is 3.70. The summed E-state index contributed by atoms with van der Waals surface area (Å²) in [5.41, 5.74) is 11.9. The average molecular weight is 334 g/mol. The first kappa shape index (κ1) is 15.7. The van der Waals surface area contributed by atoms with E-state index in [1.807, 2.05) is 24.3 Å². The standard InChI is InChI=1S/C20H22N4O/c1-14-6-2-3-7-15(14)12-19-22-20(25-23-19)13-24-11-5-8-16-17(21)9-4-10-18(16)24/h2-4,6-7,9-10H,5,8,11-13,21H2,1H3. The Bertz CT molecular complexity index is 887. The van der Waals surface area contributed by atoms with Gasteiger partial charge in [-0.15, -0.1) is 0 Å². The average Bonchev–Trinajstić information content (AvgIpc) is 3.05. The Kier molecular flexibility index (Phi) is 4.14. The summed E-state index contributed by atoms with van der Waals surface area (Å²) in [6.07, 6.45) is 2.81. The molecule has 0 spiro atoms. The molecular formula is C20H22N4O. The molecule has 0 saturated carbocycles. The molecule has 0 aliphatic carbocycles. The van der Waals surface area contributed by atoms with Crippen LogP contribution in [0.5, 0.6) is 0 Å². The van der Waals surface area contributed by atoms with Crippen LogP contribution in [0, 0.1) is 6.92 Å². The molecule has 0 unspecified atom stereocenters. The molecule has 1 aromatic heterocycles. The first-order valence-electron chi connectivity index (χ1n) is 8.69. The summed E-state index contributed by atoms with van der Waals surface area (Å²) in [5, 5.41) is 4.15. The lowest BCUT2D eigenvalue weighted by Gasteiger charge is -2.30. The zero-order valence-corrected chi connectivity index (χ0v) is 14.4. The molecule has 0 bridgehead atoms. The number of nitrogens with two attached hydrogens (primary N) is 1. The van der Waals surface area contributed by atoms with Gasteiger partial charge in [-0.25, -0.2) is 0 Å². The second kappa shape index (κ2) is 6.59. The molecule has 5 heteroatoms. The molecule has 128 valence electrons. The van der Waals surface area contributed by atoms with Crippen LogP contribution in [0.15, 0.2) is 47.0 Å². The van der Waals surface area contributed by atoms with Crippen LogP contribution in [-0.4, -0.2) is 16.7 Å². The van der Waals surface area contributed by atoms with Crippen molar-refractivity contribution >= 4 is 11.4 Å². The van der Waals surface area contributed by atoms with Crippen molar-refractivity contribution in [2.45, 2.75) is 32.7 Å². The molecule has 0 atom stereocenters. The van der Waals surface area contributed by atoms with Gasteiger partial charge in [-0.3, -0.25) is 0 Å². The molecule has 25 heavy (non-hydrogen) atoms. The van der Waals surface area contributed by atoms with Crippen LogP contribution in [-0.2, 0) is 19.4 Å². The summed E-state index contributed by atoms with van der Waals surface area (Å²) in [7, 11) is 0. The Morgan fingerprint density at radius 1 is 1.16 bits per heavy atom. The fraction of sp³-hybridized carbons (Fsp3) is 0.300. The van der Waals surface area contributed by atoms with Crippen LogP contribution in [0.25, 0.3) is 0 Å². The van der Waals surface area contributed by atoms with Crippen LogP contribution in [0.2, 0.25) is 0 Å². The van der Waals surface area contributed by atoms with Crippen molar-refractivity contribution in [3.05, 3.63) is 70.9 Å². The van der Waals surface area contributed by atoms with E-state index in [1.54, 1.807) is 0 Å². The van der Waals surface area contributed by atoms with Gasteiger partial charge in [0, 0.05) is 24.3 Å². The quantitative estimate of drug-likeness (QED) is 0.740. The highest BCUT2D eigenvalue weighted by atomic mass is 16.5. The number of benzene rings is 2. The third-order valence-electron chi connectivity index (χ3n) is 4.83. The first-order chi connectivity index (χ1) is 12.2. The van der Waals surface area contributed by atoms with Gasteiger partial charge in [0.1, 0.15) is 0 Å². The largest absolute Gasteiger partial charge is 0.398 e. The molecule has 1 aliphatic rings. The molecular weight excluding hydrogens is 312 g/mol. The maximum Gasteiger partial charge on any atom is 0.246 e. The minimum Gasteiger partial charge on any atom is -0.398 e. The number of fused-ring (bicyclic) bond motifs is 1. The van der Waals surface area contributed by atoms with E-state index in [-0.39, 0.29) is 0 Å². The smallest absolute Gasteiger partial charge is 0.246 e. The van der Waals surface area contributed by atoms with Crippen molar-refractivity contribution in [2.75, 3.05) is 17.2 Å². The zero-order chi connectivity index (χ0) is 17.2. The highest BCUT2D eigenvalue weighted by Crippen LogP contribution is 2.32. The molecule has 2 aromatic carbocycles. The summed E-state index contributed by atoms with van der Waals surface area (Å²) in [6, 6.07) is 14.4. The predicted molar refractivity (Wildman–Crippen MR) is 98.5 cm³/mol. The number of hydrogen-bond acceptors (Lipinski definition) is 5. The molecule has 2 N–H and O–H groups in total. The Morgan fingerprint density at radius 2 is 2.04 bits per heavy atom. The lowest BCUT2D eigenvalue weighted by molar-refractivity contribution is 0.370. The van der Waals surface area contributed by atoms with E-state index in [9.17, 15) is 0 Å². The van der Waals surface area contributed by atoms with Gasteiger partial charge in [-0.1, -0.05) is 35.5 Å². The first-order valence-corrected chi connectivity index (χ1v) is 8.69. The predicted octanol–water partition coefficient (Wildman–Crippen LogP) is 3.50. The second-order valence-corrected chi connectivity index (χ2v) is 6.58. The fourth-order valence-electron chi connectivity index (χ4n) is 3.46. The number of aromatic nitrogens is 2. The Morgan fingerprint density at radius 3 is 2.92 bits per heavy atom. The van der Waals surface area contributed by atoms with Gasteiger partial charge in [-0.05, 0) is 48.6 Å². The van der Waals surface area contributed by atoms with E-state index in [4.69, 9.17) is 10.3 Å². The Balaban J connectivity index is 1.51. The number of rotatable bonds is 4. The van der Waals surface area contributed by atoms with Crippen LogP contribution in [0.1, 0.15) is 34.8 Å². The highest BCUT2D eigenvalue weighted by Gasteiger charge is 2.20. The van der Waals surface area contributed by atoms with Gasteiger partial charge in [0.2, 0.25) is 5.89 Å². The maximum absolute atomic E-state index is 6.12. The maximum atomic E-state index is 6.12. The monoisotopic (exact) mass is 334 g/mol. The summed E-state index contributed by atoms with van der Waals surface area (Å²) < 4.78 is 5.49. The van der Waals surface area contributed by atoms with Gasteiger partial charge in [0.05, 0.1) is 6.54 Å². The lowest BCUT2D eigenvalue weighted by Crippen LogP contribution is -2.29. The minimum atomic E-state index is 0.622. The van der Waals surface area contributed by atoms with E-state index < -0.39 is 0 Å². The van der Waals surface area contributed by atoms with Gasteiger partial charge < -0.3 is 15.2 Å². The molecule has 0 radical (unpaired) electrons. The van der Waals surface area contributed by atoms with Crippen LogP contribution in [0.4, 0.5) is 11.4 Å². The van der Waals surface area contributed by atoms with E-state index in [1.165, 1.54) is 22.4 Å². The van der Waals surface area contributed by atoms with Gasteiger partial charge in [0.25, 0.3) is 0 Å². The third kappa shape index (κ3) is 3.22. The normalized spacial score (nSPS) is 13.7. The van der Waals surface area contributed by atoms with E-state index in [0.717, 1.165) is 30.9 Å². The molecule has 4 rings (SSSR count). The Hall–Kier alpha value is -2.82. The van der Waals surface area contributed by atoms with Crippen molar-refractivity contribution < 1.29 is 4.52 Å². The number of aryl methyl sites for hydroxylation is 1. The second-order valence-electron chi connectivity index (χ2n) is 6.58. The van der Waals surface area contributed by atoms with Crippen molar-refractivity contribution in [1.29, 1.82) is 0 Å². The Labute approximate surface area is 147 Å². The molecule has 0 amide bonds.